The van der Waals surface area contributed by atoms with E-state index in [0.29, 0.717) is 12.0 Å². The number of fused-ring (bicyclic) bond motifs is 1. The van der Waals surface area contributed by atoms with E-state index in [1.54, 1.807) is 41.1 Å². The summed E-state index contributed by atoms with van der Waals surface area (Å²) in [5, 5.41) is 17.0. The second kappa shape index (κ2) is 6.05. The van der Waals surface area contributed by atoms with Crippen molar-refractivity contribution in [2.24, 2.45) is 0 Å². The summed E-state index contributed by atoms with van der Waals surface area (Å²) in [7, 11) is 0. The van der Waals surface area contributed by atoms with Crippen LogP contribution < -0.4 is 5.32 Å². The Morgan fingerprint density at radius 2 is 1.96 bits per heavy atom. The Kier molecular flexibility index (Phi) is 3.72. The van der Waals surface area contributed by atoms with Crippen LogP contribution in [0.5, 0.6) is 0 Å². The molecule has 2 aromatic carbocycles. The normalized spacial score (nSPS) is 12.7. The summed E-state index contributed by atoms with van der Waals surface area (Å²) in [5.74, 6) is -0.299. The standard InChI is InChI=1S/C19H16FN3O2/c20-16-4-2-1-3-13(16)11-17-15-9-10-21-18(15)23(22-17)14-7-5-12(6-8-14)19(24)25/h1-8,21H,9-11H2,(H,24,25). The number of carbonyl (C=O) groups is 1. The van der Waals surface area contributed by atoms with Crippen LogP contribution in [0.25, 0.3) is 5.69 Å². The topological polar surface area (TPSA) is 67.1 Å². The minimum atomic E-state index is -0.962. The number of aromatic carboxylic acids is 1. The number of benzene rings is 2. The zero-order valence-electron chi connectivity index (χ0n) is 13.4. The van der Waals surface area contributed by atoms with Crippen molar-refractivity contribution in [3.8, 4) is 5.69 Å². The van der Waals surface area contributed by atoms with Crippen molar-refractivity contribution in [1.82, 2.24) is 9.78 Å². The van der Waals surface area contributed by atoms with E-state index in [9.17, 15) is 9.18 Å². The molecule has 6 heteroatoms. The summed E-state index contributed by atoms with van der Waals surface area (Å²) in [6.45, 7) is 0.810. The van der Waals surface area contributed by atoms with E-state index in [1.807, 2.05) is 6.07 Å². The minimum Gasteiger partial charge on any atom is -0.478 e. The van der Waals surface area contributed by atoms with Gasteiger partial charge in [0.15, 0.2) is 0 Å². The SMILES string of the molecule is O=C(O)c1ccc(-n2nc(Cc3ccccc3F)c3c2NCC3)cc1. The highest BCUT2D eigenvalue weighted by Crippen LogP contribution is 2.30. The molecule has 0 saturated heterocycles. The van der Waals surface area contributed by atoms with Crippen molar-refractivity contribution in [3.63, 3.8) is 0 Å². The molecular weight excluding hydrogens is 321 g/mol. The summed E-state index contributed by atoms with van der Waals surface area (Å²) in [6, 6.07) is 13.3. The fourth-order valence-electron chi connectivity index (χ4n) is 3.14. The monoisotopic (exact) mass is 337 g/mol. The molecule has 2 N–H and O–H groups in total. The molecule has 1 aromatic heterocycles. The molecule has 0 spiro atoms. The molecule has 0 unspecified atom stereocenters. The Morgan fingerprint density at radius 1 is 1.20 bits per heavy atom. The molecule has 3 aromatic rings. The first-order valence-corrected chi connectivity index (χ1v) is 8.05. The lowest BCUT2D eigenvalue weighted by Gasteiger charge is -2.07. The molecule has 1 aliphatic rings. The molecule has 0 radical (unpaired) electrons. The first-order valence-electron chi connectivity index (χ1n) is 8.05. The average Bonchev–Trinajstić information content (AvgIpc) is 3.21. The third-order valence-electron chi connectivity index (χ3n) is 4.41. The number of aromatic nitrogens is 2. The van der Waals surface area contributed by atoms with Gasteiger partial charge >= 0.3 is 5.97 Å². The molecule has 1 aliphatic heterocycles. The molecule has 0 bridgehead atoms. The Bertz CT molecular complexity index is 948. The van der Waals surface area contributed by atoms with Gasteiger partial charge in [-0.05, 0) is 42.3 Å². The molecular formula is C19H16FN3O2. The van der Waals surface area contributed by atoms with Crippen molar-refractivity contribution in [3.05, 3.63) is 76.7 Å². The highest BCUT2D eigenvalue weighted by molar-refractivity contribution is 5.87. The van der Waals surface area contributed by atoms with Crippen LogP contribution in [-0.2, 0) is 12.8 Å². The summed E-state index contributed by atoms with van der Waals surface area (Å²) in [4.78, 5) is 11.0. The summed E-state index contributed by atoms with van der Waals surface area (Å²) in [5.41, 5.74) is 3.54. The smallest absolute Gasteiger partial charge is 0.335 e. The van der Waals surface area contributed by atoms with E-state index in [4.69, 9.17) is 5.11 Å². The highest BCUT2D eigenvalue weighted by Gasteiger charge is 2.23. The van der Waals surface area contributed by atoms with Gasteiger partial charge in [0.05, 0.1) is 16.9 Å². The van der Waals surface area contributed by atoms with Gasteiger partial charge in [0.1, 0.15) is 11.6 Å². The number of nitrogens with one attached hydrogen (secondary N) is 1. The molecule has 5 nitrogen and oxygen atoms in total. The zero-order valence-corrected chi connectivity index (χ0v) is 13.4. The van der Waals surface area contributed by atoms with Gasteiger partial charge < -0.3 is 10.4 Å². The Morgan fingerprint density at radius 3 is 2.68 bits per heavy atom. The number of hydrogen-bond acceptors (Lipinski definition) is 3. The Hall–Kier alpha value is -3.15. The van der Waals surface area contributed by atoms with Crippen molar-refractivity contribution in [1.29, 1.82) is 0 Å². The quantitative estimate of drug-likeness (QED) is 0.767. The summed E-state index contributed by atoms with van der Waals surface area (Å²) in [6.07, 6.45) is 1.27. The number of rotatable bonds is 4. The third kappa shape index (κ3) is 2.76. The van der Waals surface area contributed by atoms with Gasteiger partial charge in [0.2, 0.25) is 0 Å². The van der Waals surface area contributed by atoms with Gasteiger partial charge in [0, 0.05) is 18.5 Å². The van der Waals surface area contributed by atoms with E-state index >= 15 is 0 Å². The summed E-state index contributed by atoms with van der Waals surface area (Å²) < 4.78 is 15.7. The first-order chi connectivity index (χ1) is 12.1. The van der Waals surface area contributed by atoms with E-state index in [-0.39, 0.29) is 11.4 Å². The fourth-order valence-corrected chi connectivity index (χ4v) is 3.14. The van der Waals surface area contributed by atoms with Crippen LogP contribution in [0, 0.1) is 5.82 Å². The van der Waals surface area contributed by atoms with Crippen molar-refractivity contribution < 1.29 is 14.3 Å². The number of nitrogens with zero attached hydrogens (tertiary/aromatic N) is 2. The second-order valence-electron chi connectivity index (χ2n) is 5.98. The van der Waals surface area contributed by atoms with Crippen LogP contribution >= 0.6 is 0 Å². The predicted octanol–water partition coefficient (Wildman–Crippen LogP) is 3.27. The summed E-state index contributed by atoms with van der Waals surface area (Å²) >= 11 is 0. The highest BCUT2D eigenvalue weighted by atomic mass is 19.1. The van der Waals surface area contributed by atoms with Crippen LogP contribution in [0.1, 0.15) is 27.2 Å². The molecule has 0 fully saturated rings. The van der Waals surface area contributed by atoms with Gasteiger partial charge in [-0.3, -0.25) is 0 Å². The van der Waals surface area contributed by atoms with Gasteiger partial charge in [-0.25, -0.2) is 13.9 Å². The largest absolute Gasteiger partial charge is 0.478 e. The van der Waals surface area contributed by atoms with Crippen molar-refractivity contribution >= 4 is 11.8 Å². The fraction of sp³-hybridized carbons (Fsp3) is 0.158. The minimum absolute atomic E-state index is 0.229. The van der Waals surface area contributed by atoms with Crippen LogP contribution in [0.15, 0.2) is 48.5 Å². The van der Waals surface area contributed by atoms with Gasteiger partial charge in [-0.2, -0.15) is 5.10 Å². The van der Waals surface area contributed by atoms with Crippen molar-refractivity contribution in [2.75, 3.05) is 11.9 Å². The van der Waals surface area contributed by atoms with E-state index in [2.05, 4.69) is 10.4 Å². The van der Waals surface area contributed by atoms with Crippen LogP contribution in [0.4, 0.5) is 10.2 Å². The third-order valence-corrected chi connectivity index (χ3v) is 4.41. The van der Waals surface area contributed by atoms with E-state index in [0.717, 1.165) is 35.7 Å². The number of anilines is 1. The molecule has 0 aliphatic carbocycles. The lowest BCUT2D eigenvalue weighted by atomic mass is 10.1. The maximum absolute atomic E-state index is 14.0. The van der Waals surface area contributed by atoms with E-state index < -0.39 is 5.97 Å². The lowest BCUT2D eigenvalue weighted by molar-refractivity contribution is 0.0697. The molecule has 126 valence electrons. The molecule has 0 amide bonds. The number of halogens is 1. The molecule has 0 saturated carbocycles. The van der Waals surface area contributed by atoms with E-state index in [1.165, 1.54) is 6.07 Å². The maximum atomic E-state index is 14.0. The first kappa shape index (κ1) is 15.4. The second-order valence-corrected chi connectivity index (χ2v) is 5.98. The van der Waals surface area contributed by atoms with Gasteiger partial charge in [-0.1, -0.05) is 18.2 Å². The predicted molar refractivity (Wildman–Crippen MR) is 91.9 cm³/mol. The molecule has 0 atom stereocenters. The van der Waals surface area contributed by atoms with Gasteiger partial charge in [-0.15, -0.1) is 0 Å². The zero-order chi connectivity index (χ0) is 17.4. The van der Waals surface area contributed by atoms with Crippen molar-refractivity contribution in [2.45, 2.75) is 12.8 Å². The molecule has 25 heavy (non-hydrogen) atoms. The van der Waals surface area contributed by atoms with Crippen LogP contribution in [-0.4, -0.2) is 27.4 Å². The number of carboxylic acids is 1. The molecule has 2 heterocycles. The number of carboxylic acid groups (broad SMARTS) is 1. The van der Waals surface area contributed by atoms with Crippen LogP contribution in [0.2, 0.25) is 0 Å². The van der Waals surface area contributed by atoms with Crippen LogP contribution in [0.3, 0.4) is 0 Å². The Balaban J connectivity index is 1.73. The maximum Gasteiger partial charge on any atom is 0.335 e. The number of hydrogen-bond donors (Lipinski definition) is 2. The average molecular weight is 337 g/mol. The Labute approximate surface area is 143 Å². The van der Waals surface area contributed by atoms with Gasteiger partial charge in [0.25, 0.3) is 0 Å². The molecule has 4 rings (SSSR count). The lowest BCUT2D eigenvalue weighted by Crippen LogP contribution is -2.06.